The maximum absolute atomic E-state index is 11.5. The highest BCUT2D eigenvalue weighted by atomic mass is 16.5. The van der Waals surface area contributed by atoms with Gasteiger partial charge in [-0.15, -0.1) is 0 Å². The van der Waals surface area contributed by atoms with Crippen molar-refractivity contribution in [2.75, 3.05) is 39.3 Å². The second-order valence-corrected chi connectivity index (χ2v) is 6.47. The van der Waals surface area contributed by atoms with Crippen LogP contribution in [-0.4, -0.2) is 50.2 Å². The summed E-state index contributed by atoms with van der Waals surface area (Å²) < 4.78 is 5.03. The van der Waals surface area contributed by atoms with Crippen molar-refractivity contribution < 1.29 is 9.53 Å². The van der Waals surface area contributed by atoms with Gasteiger partial charge in [0.1, 0.15) is 0 Å². The standard InChI is InChI=1S/C15H28N2O2/c1-3-19-14(18)10-13-4-8-17(9-5-13)12-15(2)6-7-16-11-15/h13,16H,3-12H2,1-2H3. The molecule has 0 saturated carbocycles. The Morgan fingerprint density at radius 3 is 2.74 bits per heavy atom. The lowest BCUT2D eigenvalue weighted by Crippen LogP contribution is -2.42. The normalized spacial score (nSPS) is 29.6. The fourth-order valence-electron chi connectivity index (χ4n) is 3.35. The van der Waals surface area contributed by atoms with Crippen molar-refractivity contribution >= 4 is 5.97 Å². The molecule has 19 heavy (non-hydrogen) atoms. The molecule has 4 heteroatoms. The average molecular weight is 268 g/mol. The van der Waals surface area contributed by atoms with Gasteiger partial charge in [0.25, 0.3) is 0 Å². The Bertz CT molecular complexity index is 293. The molecule has 110 valence electrons. The molecular formula is C15H28N2O2. The first-order chi connectivity index (χ1) is 9.11. The minimum absolute atomic E-state index is 0.0205. The molecule has 0 bridgehead atoms. The number of ether oxygens (including phenoxy) is 1. The molecule has 2 aliphatic rings. The van der Waals surface area contributed by atoms with E-state index in [-0.39, 0.29) is 5.97 Å². The van der Waals surface area contributed by atoms with Gasteiger partial charge in [-0.05, 0) is 57.2 Å². The van der Waals surface area contributed by atoms with Crippen LogP contribution in [0.2, 0.25) is 0 Å². The van der Waals surface area contributed by atoms with Crippen LogP contribution in [0.15, 0.2) is 0 Å². The van der Waals surface area contributed by atoms with E-state index in [9.17, 15) is 4.79 Å². The number of nitrogens with one attached hydrogen (secondary N) is 1. The zero-order valence-electron chi connectivity index (χ0n) is 12.4. The van der Waals surface area contributed by atoms with Gasteiger partial charge in [-0.2, -0.15) is 0 Å². The minimum atomic E-state index is -0.0205. The molecule has 0 aliphatic carbocycles. The van der Waals surface area contributed by atoms with Crippen LogP contribution in [0, 0.1) is 11.3 Å². The van der Waals surface area contributed by atoms with Crippen LogP contribution in [0.25, 0.3) is 0 Å². The number of hydrogen-bond donors (Lipinski definition) is 1. The SMILES string of the molecule is CCOC(=O)CC1CCN(CC2(C)CCNC2)CC1. The highest BCUT2D eigenvalue weighted by Gasteiger charge is 2.32. The Hall–Kier alpha value is -0.610. The highest BCUT2D eigenvalue weighted by molar-refractivity contribution is 5.69. The van der Waals surface area contributed by atoms with Gasteiger partial charge in [0.05, 0.1) is 6.61 Å². The maximum Gasteiger partial charge on any atom is 0.306 e. The van der Waals surface area contributed by atoms with Crippen LogP contribution in [0.1, 0.15) is 39.5 Å². The smallest absolute Gasteiger partial charge is 0.306 e. The predicted molar refractivity (Wildman–Crippen MR) is 76.0 cm³/mol. The van der Waals surface area contributed by atoms with Crippen molar-refractivity contribution in [2.45, 2.75) is 39.5 Å². The van der Waals surface area contributed by atoms with E-state index in [0.29, 0.717) is 24.4 Å². The Kier molecular flexibility index (Phi) is 5.22. The summed E-state index contributed by atoms with van der Waals surface area (Å²) in [5.74, 6) is 0.512. The monoisotopic (exact) mass is 268 g/mol. The summed E-state index contributed by atoms with van der Waals surface area (Å²) in [5, 5.41) is 3.46. The number of nitrogens with zero attached hydrogens (tertiary/aromatic N) is 1. The van der Waals surface area contributed by atoms with Crippen LogP contribution in [0.4, 0.5) is 0 Å². The third-order valence-corrected chi connectivity index (χ3v) is 4.53. The zero-order valence-corrected chi connectivity index (χ0v) is 12.4. The van der Waals surface area contributed by atoms with E-state index < -0.39 is 0 Å². The molecule has 2 aliphatic heterocycles. The molecule has 0 amide bonds. The van der Waals surface area contributed by atoms with Gasteiger partial charge in [-0.25, -0.2) is 0 Å². The van der Waals surface area contributed by atoms with Crippen molar-refractivity contribution in [1.82, 2.24) is 10.2 Å². The minimum Gasteiger partial charge on any atom is -0.466 e. The molecule has 1 atom stereocenters. The molecule has 2 rings (SSSR count). The molecule has 4 nitrogen and oxygen atoms in total. The maximum atomic E-state index is 11.5. The second kappa shape index (κ2) is 6.71. The summed E-state index contributed by atoms with van der Waals surface area (Å²) in [4.78, 5) is 14.1. The quantitative estimate of drug-likeness (QED) is 0.770. The first-order valence-electron chi connectivity index (χ1n) is 7.70. The van der Waals surface area contributed by atoms with Gasteiger partial charge < -0.3 is 15.0 Å². The van der Waals surface area contributed by atoms with Gasteiger partial charge in [0.15, 0.2) is 0 Å². The summed E-state index contributed by atoms with van der Waals surface area (Å²) in [6, 6.07) is 0. The molecule has 0 aromatic rings. The van der Waals surface area contributed by atoms with Crippen LogP contribution in [-0.2, 0) is 9.53 Å². The summed E-state index contributed by atoms with van der Waals surface area (Å²) in [6.07, 6.45) is 4.18. The number of esters is 1. The molecule has 2 saturated heterocycles. The van der Waals surface area contributed by atoms with Crippen LogP contribution in [0.3, 0.4) is 0 Å². The lowest BCUT2D eigenvalue weighted by Gasteiger charge is -2.36. The van der Waals surface area contributed by atoms with Crippen LogP contribution < -0.4 is 5.32 Å². The van der Waals surface area contributed by atoms with Crippen molar-refractivity contribution in [1.29, 1.82) is 0 Å². The third kappa shape index (κ3) is 4.46. The fourth-order valence-corrected chi connectivity index (χ4v) is 3.35. The Morgan fingerprint density at radius 1 is 1.42 bits per heavy atom. The Balaban J connectivity index is 1.69. The number of rotatable bonds is 5. The van der Waals surface area contributed by atoms with E-state index in [1.54, 1.807) is 0 Å². The lowest BCUT2D eigenvalue weighted by atomic mass is 9.87. The van der Waals surface area contributed by atoms with E-state index >= 15 is 0 Å². The Morgan fingerprint density at radius 2 is 2.16 bits per heavy atom. The first-order valence-corrected chi connectivity index (χ1v) is 7.70. The molecule has 0 aromatic carbocycles. The van der Waals surface area contributed by atoms with E-state index in [2.05, 4.69) is 17.1 Å². The van der Waals surface area contributed by atoms with E-state index in [4.69, 9.17) is 4.74 Å². The van der Waals surface area contributed by atoms with Crippen LogP contribution >= 0.6 is 0 Å². The molecule has 1 unspecified atom stereocenters. The van der Waals surface area contributed by atoms with Gasteiger partial charge in [-0.1, -0.05) is 6.92 Å². The number of likely N-dealkylation sites (tertiary alicyclic amines) is 1. The molecule has 1 N–H and O–H groups in total. The van der Waals surface area contributed by atoms with Crippen molar-refractivity contribution in [3.63, 3.8) is 0 Å². The van der Waals surface area contributed by atoms with Gasteiger partial charge in [0.2, 0.25) is 0 Å². The van der Waals surface area contributed by atoms with E-state index in [1.807, 2.05) is 6.92 Å². The molecular weight excluding hydrogens is 240 g/mol. The number of carbonyl (C=O) groups is 1. The van der Waals surface area contributed by atoms with Gasteiger partial charge >= 0.3 is 5.97 Å². The molecule has 0 radical (unpaired) electrons. The lowest BCUT2D eigenvalue weighted by molar-refractivity contribution is -0.144. The van der Waals surface area contributed by atoms with Gasteiger partial charge in [-0.3, -0.25) is 4.79 Å². The summed E-state index contributed by atoms with van der Waals surface area (Å²) in [7, 11) is 0. The van der Waals surface area contributed by atoms with E-state index in [0.717, 1.165) is 39.0 Å². The second-order valence-electron chi connectivity index (χ2n) is 6.47. The largest absolute Gasteiger partial charge is 0.466 e. The van der Waals surface area contributed by atoms with E-state index in [1.165, 1.54) is 13.0 Å². The number of piperidine rings is 1. The highest BCUT2D eigenvalue weighted by Crippen LogP contribution is 2.28. The summed E-state index contributed by atoms with van der Waals surface area (Å²) in [5.41, 5.74) is 0.452. The number of carbonyl (C=O) groups excluding carboxylic acids is 1. The zero-order chi connectivity index (χ0) is 13.7. The van der Waals surface area contributed by atoms with Crippen molar-refractivity contribution in [3.05, 3.63) is 0 Å². The summed E-state index contributed by atoms with van der Waals surface area (Å²) >= 11 is 0. The first kappa shape index (κ1) is 14.8. The molecule has 2 fully saturated rings. The molecule has 2 heterocycles. The van der Waals surface area contributed by atoms with Crippen LogP contribution in [0.5, 0.6) is 0 Å². The van der Waals surface area contributed by atoms with Crippen molar-refractivity contribution in [2.24, 2.45) is 11.3 Å². The fraction of sp³-hybridized carbons (Fsp3) is 0.933. The summed E-state index contributed by atoms with van der Waals surface area (Å²) in [6.45, 7) is 10.6. The molecule has 0 spiro atoms. The average Bonchev–Trinajstić information content (AvgIpc) is 2.79. The third-order valence-electron chi connectivity index (χ3n) is 4.53. The number of hydrogen-bond acceptors (Lipinski definition) is 4. The Labute approximate surface area is 116 Å². The van der Waals surface area contributed by atoms with Crippen molar-refractivity contribution in [3.8, 4) is 0 Å². The molecule has 0 aromatic heterocycles. The van der Waals surface area contributed by atoms with Gasteiger partial charge in [0, 0.05) is 19.5 Å². The predicted octanol–water partition coefficient (Wildman–Crippen LogP) is 1.65. The topological polar surface area (TPSA) is 41.6 Å².